The van der Waals surface area contributed by atoms with Gasteiger partial charge in [0.05, 0.1) is 4.92 Å². The Morgan fingerprint density at radius 2 is 2.10 bits per heavy atom. The number of nitrogens with zero attached hydrogens (tertiary/aromatic N) is 3. The first-order valence-corrected chi connectivity index (χ1v) is 6.54. The third kappa shape index (κ3) is 2.55. The number of rotatable bonds is 5. The third-order valence-electron chi connectivity index (χ3n) is 3.42. The molecule has 1 heterocycles. The van der Waals surface area contributed by atoms with E-state index in [-0.39, 0.29) is 17.0 Å². The minimum Gasteiger partial charge on any atom is -0.501 e. The Morgan fingerprint density at radius 1 is 1.40 bits per heavy atom. The Morgan fingerprint density at radius 3 is 2.70 bits per heavy atom. The highest BCUT2D eigenvalue weighted by atomic mass is 16.6. The van der Waals surface area contributed by atoms with Crippen LogP contribution in [0.2, 0.25) is 0 Å². The van der Waals surface area contributed by atoms with E-state index in [1.165, 1.54) is 12.3 Å². The van der Waals surface area contributed by atoms with Crippen LogP contribution in [0, 0.1) is 10.1 Å². The summed E-state index contributed by atoms with van der Waals surface area (Å²) in [5.74, 6) is -0.367. The van der Waals surface area contributed by atoms with Gasteiger partial charge in [-0.2, -0.15) is 0 Å². The number of hydrogen-bond acceptors (Lipinski definition) is 5. The number of benzene rings is 1. The normalized spacial score (nSPS) is 11.2. The van der Waals surface area contributed by atoms with E-state index in [1.54, 1.807) is 6.07 Å². The van der Waals surface area contributed by atoms with Crippen LogP contribution in [0.4, 0.5) is 5.69 Å². The van der Waals surface area contributed by atoms with Crippen LogP contribution in [0.25, 0.3) is 10.9 Å². The molecular formula is C14H17N3O3. The molecule has 2 aromatic rings. The van der Waals surface area contributed by atoms with Crippen LogP contribution < -0.4 is 0 Å². The van der Waals surface area contributed by atoms with Crippen LogP contribution in [0.5, 0.6) is 5.75 Å². The van der Waals surface area contributed by atoms with Crippen molar-refractivity contribution in [3.8, 4) is 5.75 Å². The molecule has 0 aliphatic carbocycles. The minimum atomic E-state index is -0.574. The van der Waals surface area contributed by atoms with Crippen molar-refractivity contribution < 1.29 is 10.0 Å². The molecule has 0 saturated carbocycles. The van der Waals surface area contributed by atoms with Gasteiger partial charge < -0.3 is 5.11 Å². The van der Waals surface area contributed by atoms with E-state index in [0.29, 0.717) is 6.54 Å². The maximum atomic E-state index is 11.0. The number of nitro groups is 1. The van der Waals surface area contributed by atoms with E-state index in [2.05, 4.69) is 9.88 Å². The highest BCUT2D eigenvalue weighted by molar-refractivity contribution is 5.90. The molecule has 0 saturated heterocycles. The fraction of sp³-hybridized carbons (Fsp3) is 0.357. The van der Waals surface area contributed by atoms with Crippen molar-refractivity contribution in [3.63, 3.8) is 0 Å². The molecule has 0 amide bonds. The Hall–Kier alpha value is -2.21. The first kappa shape index (κ1) is 14.2. The lowest BCUT2D eigenvalue weighted by Gasteiger charge is -2.19. The first-order valence-electron chi connectivity index (χ1n) is 6.54. The average Bonchev–Trinajstić information content (AvgIpc) is 2.46. The highest BCUT2D eigenvalue weighted by Crippen LogP contribution is 2.35. The van der Waals surface area contributed by atoms with E-state index in [4.69, 9.17) is 0 Å². The third-order valence-corrected chi connectivity index (χ3v) is 3.42. The summed E-state index contributed by atoms with van der Waals surface area (Å²) in [6.45, 7) is 6.38. The van der Waals surface area contributed by atoms with Gasteiger partial charge in [-0.1, -0.05) is 19.9 Å². The van der Waals surface area contributed by atoms with Crippen molar-refractivity contribution >= 4 is 16.6 Å². The van der Waals surface area contributed by atoms with E-state index >= 15 is 0 Å². The Bertz CT molecular complexity index is 639. The Labute approximate surface area is 116 Å². The van der Waals surface area contributed by atoms with Gasteiger partial charge in [0.15, 0.2) is 0 Å². The maximum Gasteiger partial charge on any atom is 0.313 e. The number of fused-ring (bicyclic) bond motifs is 1. The van der Waals surface area contributed by atoms with Crippen LogP contribution in [-0.2, 0) is 6.54 Å². The maximum absolute atomic E-state index is 11.0. The van der Waals surface area contributed by atoms with E-state index in [1.807, 2.05) is 19.9 Å². The van der Waals surface area contributed by atoms with Gasteiger partial charge in [-0.05, 0) is 24.7 Å². The molecule has 106 valence electrons. The zero-order valence-corrected chi connectivity index (χ0v) is 11.5. The molecule has 0 spiro atoms. The molecule has 0 radical (unpaired) electrons. The van der Waals surface area contributed by atoms with Crippen LogP contribution in [0.1, 0.15) is 19.4 Å². The largest absolute Gasteiger partial charge is 0.501 e. The van der Waals surface area contributed by atoms with E-state index in [9.17, 15) is 15.2 Å². The summed E-state index contributed by atoms with van der Waals surface area (Å²) < 4.78 is 0. The summed E-state index contributed by atoms with van der Waals surface area (Å²) in [6, 6.07) is 5.03. The molecule has 0 atom stereocenters. The second kappa shape index (κ2) is 5.83. The van der Waals surface area contributed by atoms with Gasteiger partial charge in [-0.3, -0.25) is 20.0 Å². The highest BCUT2D eigenvalue weighted by Gasteiger charge is 2.21. The average molecular weight is 275 g/mol. The summed E-state index contributed by atoms with van der Waals surface area (Å²) in [4.78, 5) is 16.7. The zero-order valence-electron chi connectivity index (χ0n) is 11.5. The predicted molar refractivity (Wildman–Crippen MR) is 76.7 cm³/mol. The van der Waals surface area contributed by atoms with Crippen molar-refractivity contribution in [2.45, 2.75) is 20.4 Å². The number of phenolic OH excluding ortho intramolecular Hbond substituents is 1. The standard InChI is InChI=1S/C14H17N3O3/c1-3-16(4-2)9-10-8-12(17(19)20)14(18)13-11(10)6-5-7-15-13/h5-8,18H,3-4,9H2,1-2H3. The zero-order chi connectivity index (χ0) is 14.7. The first-order chi connectivity index (χ1) is 9.58. The lowest BCUT2D eigenvalue weighted by molar-refractivity contribution is -0.385. The summed E-state index contributed by atoms with van der Waals surface area (Å²) in [5, 5.41) is 21.8. The molecule has 0 fully saturated rings. The van der Waals surface area contributed by atoms with Gasteiger partial charge in [-0.25, -0.2) is 0 Å². The molecule has 2 rings (SSSR count). The van der Waals surface area contributed by atoms with Crippen LogP contribution in [-0.4, -0.2) is 33.0 Å². The smallest absolute Gasteiger partial charge is 0.313 e. The molecule has 0 bridgehead atoms. The second-order valence-electron chi connectivity index (χ2n) is 4.52. The number of hydrogen-bond donors (Lipinski definition) is 1. The van der Waals surface area contributed by atoms with Crippen LogP contribution in [0.15, 0.2) is 24.4 Å². The molecule has 1 aromatic heterocycles. The SMILES string of the molecule is CCN(CC)Cc1cc([N+](=O)[O-])c(O)c2ncccc12. The summed E-state index contributed by atoms with van der Waals surface area (Å²) in [7, 11) is 0. The second-order valence-corrected chi connectivity index (χ2v) is 4.52. The topological polar surface area (TPSA) is 79.5 Å². The minimum absolute atomic E-state index is 0.281. The van der Waals surface area contributed by atoms with Gasteiger partial charge in [0, 0.05) is 24.2 Å². The van der Waals surface area contributed by atoms with Gasteiger partial charge in [0.1, 0.15) is 5.52 Å². The number of pyridine rings is 1. The van der Waals surface area contributed by atoms with Gasteiger partial charge in [0.2, 0.25) is 5.75 Å². The molecule has 6 heteroatoms. The van der Waals surface area contributed by atoms with Gasteiger partial charge in [-0.15, -0.1) is 0 Å². The summed E-state index contributed by atoms with van der Waals surface area (Å²) in [5.41, 5.74) is 0.795. The van der Waals surface area contributed by atoms with Crippen molar-refractivity contribution in [3.05, 3.63) is 40.1 Å². The Kier molecular flexibility index (Phi) is 4.14. The number of nitro benzene ring substituents is 1. The van der Waals surface area contributed by atoms with Crippen molar-refractivity contribution in [1.82, 2.24) is 9.88 Å². The number of aromatic nitrogens is 1. The summed E-state index contributed by atoms with van der Waals surface area (Å²) >= 11 is 0. The molecule has 0 aliphatic heterocycles. The van der Waals surface area contributed by atoms with E-state index < -0.39 is 4.92 Å². The van der Waals surface area contributed by atoms with Crippen LogP contribution in [0.3, 0.4) is 0 Å². The van der Waals surface area contributed by atoms with Crippen molar-refractivity contribution in [2.24, 2.45) is 0 Å². The van der Waals surface area contributed by atoms with Gasteiger partial charge >= 0.3 is 5.69 Å². The molecule has 6 nitrogen and oxygen atoms in total. The fourth-order valence-corrected chi connectivity index (χ4v) is 2.24. The predicted octanol–water partition coefficient (Wildman–Crippen LogP) is 2.69. The molecule has 1 aromatic carbocycles. The molecule has 1 N–H and O–H groups in total. The number of aromatic hydroxyl groups is 1. The Balaban J connectivity index is 2.63. The lowest BCUT2D eigenvalue weighted by atomic mass is 10.1. The van der Waals surface area contributed by atoms with Crippen LogP contribution >= 0.6 is 0 Å². The molecular weight excluding hydrogens is 258 g/mol. The van der Waals surface area contributed by atoms with Crippen molar-refractivity contribution in [2.75, 3.05) is 13.1 Å². The quantitative estimate of drug-likeness (QED) is 0.670. The number of phenols is 1. The summed E-state index contributed by atoms with van der Waals surface area (Å²) in [6.07, 6.45) is 1.52. The molecule has 0 unspecified atom stereocenters. The molecule has 0 aliphatic rings. The monoisotopic (exact) mass is 275 g/mol. The fourth-order valence-electron chi connectivity index (χ4n) is 2.24. The van der Waals surface area contributed by atoms with Crippen molar-refractivity contribution in [1.29, 1.82) is 0 Å². The van der Waals surface area contributed by atoms with E-state index in [0.717, 1.165) is 24.0 Å². The molecule has 20 heavy (non-hydrogen) atoms. The lowest BCUT2D eigenvalue weighted by Crippen LogP contribution is -2.22. The van der Waals surface area contributed by atoms with Gasteiger partial charge in [0.25, 0.3) is 0 Å².